The van der Waals surface area contributed by atoms with E-state index in [0.29, 0.717) is 0 Å². The van der Waals surface area contributed by atoms with E-state index < -0.39 is 0 Å². The molecular formula is C24H27FN3+. The highest BCUT2D eigenvalue weighted by Gasteiger charge is 2.33. The number of quaternary nitrogens is 1. The summed E-state index contributed by atoms with van der Waals surface area (Å²) in [5, 5.41) is 11.2. The zero-order valence-electron chi connectivity index (χ0n) is 16.4. The monoisotopic (exact) mass is 376 g/mol. The first-order valence-corrected chi connectivity index (χ1v) is 9.46. The molecular weight excluding hydrogens is 349 g/mol. The van der Waals surface area contributed by atoms with Crippen LogP contribution in [0.1, 0.15) is 36.5 Å². The van der Waals surface area contributed by atoms with Gasteiger partial charge in [0.1, 0.15) is 5.82 Å². The Bertz CT molecular complexity index is 934. The van der Waals surface area contributed by atoms with E-state index in [1.807, 2.05) is 12.1 Å². The second-order valence-electron chi connectivity index (χ2n) is 7.71. The zero-order chi connectivity index (χ0) is 20.1. The number of halogens is 1. The minimum absolute atomic E-state index is 0.0352. The predicted octanol–water partition coefficient (Wildman–Crippen LogP) is 4.97. The second-order valence-corrected chi connectivity index (χ2v) is 7.71. The van der Waals surface area contributed by atoms with Gasteiger partial charge in [-0.1, -0.05) is 50.2 Å². The van der Waals surface area contributed by atoms with Crippen molar-refractivity contribution >= 4 is 17.6 Å². The van der Waals surface area contributed by atoms with Crippen LogP contribution in [-0.4, -0.2) is 12.8 Å². The molecule has 3 rings (SSSR count). The average molecular weight is 376 g/mol. The van der Waals surface area contributed by atoms with E-state index in [1.165, 1.54) is 23.9 Å². The Morgan fingerprint density at radius 2 is 1.68 bits per heavy atom. The number of rotatable bonds is 7. The highest BCUT2D eigenvalue weighted by Crippen LogP contribution is 2.41. The topological polar surface area (TPSA) is 63.5 Å². The van der Waals surface area contributed by atoms with Gasteiger partial charge in [-0.3, -0.25) is 0 Å². The molecule has 28 heavy (non-hydrogen) atoms. The number of anilines is 2. The molecule has 0 radical (unpaired) electrons. The first kappa shape index (κ1) is 19.8. The predicted molar refractivity (Wildman–Crippen MR) is 114 cm³/mol. The van der Waals surface area contributed by atoms with E-state index in [2.05, 4.69) is 61.3 Å². The molecule has 0 amide bonds. The summed E-state index contributed by atoms with van der Waals surface area (Å²) >= 11 is 0. The van der Waals surface area contributed by atoms with Gasteiger partial charge in [-0.05, 0) is 47.5 Å². The van der Waals surface area contributed by atoms with Gasteiger partial charge < -0.3 is 16.5 Å². The average Bonchev–Trinajstić information content (AvgIpc) is 2.71. The van der Waals surface area contributed by atoms with Crippen molar-refractivity contribution in [1.29, 1.82) is 5.41 Å². The van der Waals surface area contributed by atoms with Crippen LogP contribution in [0.3, 0.4) is 0 Å². The molecule has 5 N–H and O–H groups in total. The van der Waals surface area contributed by atoms with E-state index in [0.717, 1.165) is 29.0 Å². The maximum Gasteiger partial charge on any atom is 0.123 e. The highest BCUT2D eigenvalue weighted by atomic mass is 19.1. The van der Waals surface area contributed by atoms with Gasteiger partial charge in [-0.2, -0.15) is 0 Å². The van der Waals surface area contributed by atoms with Crippen LogP contribution < -0.4 is 11.1 Å². The van der Waals surface area contributed by atoms with E-state index in [1.54, 1.807) is 12.1 Å². The van der Waals surface area contributed by atoms with Gasteiger partial charge in [-0.25, -0.2) is 4.39 Å². The molecule has 0 aliphatic rings. The lowest BCUT2D eigenvalue weighted by Crippen LogP contribution is -2.58. The maximum atomic E-state index is 13.2. The molecule has 0 heterocycles. The molecule has 0 aliphatic heterocycles. The van der Waals surface area contributed by atoms with Crippen LogP contribution in [0.15, 0.2) is 72.8 Å². The maximum absolute atomic E-state index is 13.2. The van der Waals surface area contributed by atoms with E-state index in [4.69, 9.17) is 5.41 Å². The third kappa shape index (κ3) is 4.29. The summed E-state index contributed by atoms with van der Waals surface area (Å²) in [5.74, 6) is -0.0981. The SMILES string of the molecule is CC(C)(C[NH3+])[C@@H](c1ccccc1)c1ccc(Nc2ccc(F)cc2)c(C=N)c1. The van der Waals surface area contributed by atoms with Crippen molar-refractivity contribution < 1.29 is 10.1 Å². The van der Waals surface area contributed by atoms with Crippen molar-refractivity contribution in [2.75, 3.05) is 11.9 Å². The van der Waals surface area contributed by atoms with Gasteiger partial charge in [0.2, 0.25) is 0 Å². The summed E-state index contributed by atoms with van der Waals surface area (Å²) in [4.78, 5) is 0. The molecule has 0 spiro atoms. The smallest absolute Gasteiger partial charge is 0.123 e. The highest BCUT2D eigenvalue weighted by molar-refractivity contribution is 5.87. The van der Waals surface area contributed by atoms with Crippen LogP contribution in [0, 0.1) is 16.6 Å². The number of hydrogen-bond acceptors (Lipinski definition) is 2. The minimum atomic E-state index is -0.269. The van der Waals surface area contributed by atoms with Gasteiger partial charge in [-0.15, -0.1) is 0 Å². The lowest BCUT2D eigenvalue weighted by atomic mass is 9.71. The molecule has 0 unspecified atom stereocenters. The Hall–Kier alpha value is -2.98. The lowest BCUT2D eigenvalue weighted by molar-refractivity contribution is -0.390. The normalized spacial score (nSPS) is 12.4. The Labute approximate surface area is 165 Å². The Balaban J connectivity index is 2.00. The molecule has 0 saturated heterocycles. The van der Waals surface area contributed by atoms with E-state index in [-0.39, 0.29) is 17.2 Å². The van der Waals surface area contributed by atoms with Gasteiger partial charge >= 0.3 is 0 Å². The number of benzene rings is 3. The fourth-order valence-corrected chi connectivity index (χ4v) is 3.57. The number of hydrogen-bond donors (Lipinski definition) is 3. The third-order valence-electron chi connectivity index (χ3n) is 5.25. The standard InChI is InChI=1S/C24H26FN3/c1-24(2,16-27)23(17-6-4-3-5-7-17)18-8-13-22(19(14-18)15-26)28-21-11-9-20(25)10-12-21/h3-15,23,26,28H,16,27H2,1-2H3/p+1/t23-/m0/s1. The van der Waals surface area contributed by atoms with Crippen molar-refractivity contribution in [2.45, 2.75) is 19.8 Å². The summed E-state index contributed by atoms with van der Waals surface area (Å²) in [6, 6.07) is 22.8. The summed E-state index contributed by atoms with van der Waals surface area (Å²) in [7, 11) is 0. The van der Waals surface area contributed by atoms with Crippen LogP contribution in [0.4, 0.5) is 15.8 Å². The van der Waals surface area contributed by atoms with E-state index in [9.17, 15) is 4.39 Å². The van der Waals surface area contributed by atoms with Crippen molar-refractivity contribution in [1.82, 2.24) is 0 Å². The van der Waals surface area contributed by atoms with Gasteiger partial charge in [0.15, 0.2) is 0 Å². The third-order valence-corrected chi connectivity index (χ3v) is 5.25. The minimum Gasteiger partial charge on any atom is -0.357 e. The second kappa shape index (κ2) is 8.36. The summed E-state index contributed by atoms with van der Waals surface area (Å²) in [6.45, 7) is 5.25. The molecule has 3 nitrogen and oxygen atoms in total. The van der Waals surface area contributed by atoms with Gasteiger partial charge in [0.05, 0.1) is 6.54 Å². The number of nitrogens with one attached hydrogen (secondary N) is 2. The van der Waals surface area contributed by atoms with Crippen molar-refractivity contribution in [2.24, 2.45) is 5.41 Å². The fraction of sp³-hybridized carbons (Fsp3) is 0.208. The van der Waals surface area contributed by atoms with Gasteiger partial charge in [0, 0.05) is 34.5 Å². The molecule has 0 saturated carbocycles. The van der Waals surface area contributed by atoms with Gasteiger partial charge in [0.25, 0.3) is 0 Å². The van der Waals surface area contributed by atoms with Crippen LogP contribution >= 0.6 is 0 Å². The van der Waals surface area contributed by atoms with Crippen molar-refractivity contribution in [3.05, 3.63) is 95.3 Å². The van der Waals surface area contributed by atoms with Crippen LogP contribution in [-0.2, 0) is 0 Å². The zero-order valence-corrected chi connectivity index (χ0v) is 16.4. The van der Waals surface area contributed by atoms with Crippen LogP contribution in [0.5, 0.6) is 0 Å². The first-order chi connectivity index (χ1) is 13.4. The summed E-state index contributed by atoms with van der Waals surface area (Å²) in [5.41, 5.74) is 8.93. The summed E-state index contributed by atoms with van der Waals surface area (Å²) < 4.78 is 13.2. The molecule has 0 aromatic heterocycles. The molecule has 1 atom stereocenters. The van der Waals surface area contributed by atoms with Crippen molar-refractivity contribution in [3.8, 4) is 0 Å². The first-order valence-electron chi connectivity index (χ1n) is 9.46. The largest absolute Gasteiger partial charge is 0.357 e. The molecule has 144 valence electrons. The molecule has 0 bridgehead atoms. The molecule has 4 heteroatoms. The molecule has 0 aliphatic carbocycles. The summed E-state index contributed by atoms with van der Waals surface area (Å²) in [6.07, 6.45) is 1.36. The van der Waals surface area contributed by atoms with E-state index >= 15 is 0 Å². The fourth-order valence-electron chi connectivity index (χ4n) is 3.57. The molecule has 3 aromatic rings. The van der Waals surface area contributed by atoms with Crippen LogP contribution in [0.25, 0.3) is 0 Å². The molecule has 0 fully saturated rings. The Morgan fingerprint density at radius 3 is 2.29 bits per heavy atom. The Kier molecular flexibility index (Phi) is 5.90. The Morgan fingerprint density at radius 1 is 1.00 bits per heavy atom. The lowest BCUT2D eigenvalue weighted by Gasteiger charge is -2.33. The van der Waals surface area contributed by atoms with Crippen molar-refractivity contribution in [3.63, 3.8) is 0 Å². The van der Waals surface area contributed by atoms with Crippen LogP contribution in [0.2, 0.25) is 0 Å². The molecule has 3 aromatic carbocycles. The quantitative estimate of drug-likeness (QED) is 0.501.